The zero-order valence-electron chi connectivity index (χ0n) is 14.0. The van der Waals surface area contributed by atoms with Crippen molar-refractivity contribution in [3.8, 4) is 0 Å². The highest BCUT2D eigenvalue weighted by Crippen LogP contribution is 2.16. The van der Waals surface area contributed by atoms with Gasteiger partial charge >= 0.3 is 0 Å². The van der Waals surface area contributed by atoms with E-state index in [-0.39, 0.29) is 5.91 Å². The number of hydrogen-bond donors (Lipinski definition) is 1. The van der Waals surface area contributed by atoms with Crippen molar-refractivity contribution in [3.63, 3.8) is 0 Å². The Morgan fingerprint density at radius 1 is 1.21 bits per heavy atom. The van der Waals surface area contributed by atoms with Crippen LogP contribution < -0.4 is 5.32 Å². The predicted octanol–water partition coefficient (Wildman–Crippen LogP) is 3.79. The second-order valence-electron chi connectivity index (χ2n) is 5.70. The molecule has 0 aliphatic carbocycles. The van der Waals surface area contributed by atoms with Crippen molar-refractivity contribution in [2.75, 3.05) is 0 Å². The molecule has 0 spiro atoms. The molecule has 0 fully saturated rings. The van der Waals surface area contributed by atoms with Crippen molar-refractivity contribution in [1.82, 2.24) is 15.1 Å². The summed E-state index contributed by atoms with van der Waals surface area (Å²) in [4.78, 5) is 14.9. The maximum absolute atomic E-state index is 12.5. The van der Waals surface area contributed by atoms with Gasteiger partial charge in [0.15, 0.2) is 0 Å². The van der Waals surface area contributed by atoms with Gasteiger partial charge in [0, 0.05) is 9.75 Å². The van der Waals surface area contributed by atoms with Crippen LogP contribution in [0, 0.1) is 6.92 Å². The van der Waals surface area contributed by atoms with Gasteiger partial charge in [-0.25, -0.2) is 0 Å². The van der Waals surface area contributed by atoms with E-state index in [0.29, 0.717) is 18.7 Å². The molecule has 0 aliphatic rings. The van der Waals surface area contributed by atoms with E-state index in [1.165, 1.54) is 10.4 Å². The third-order valence-electron chi connectivity index (χ3n) is 3.92. The Morgan fingerprint density at radius 2 is 2.00 bits per heavy atom. The molecule has 3 aromatic rings. The van der Waals surface area contributed by atoms with Gasteiger partial charge in [-0.2, -0.15) is 5.10 Å². The highest BCUT2D eigenvalue weighted by atomic mass is 32.1. The van der Waals surface area contributed by atoms with Crippen molar-refractivity contribution in [1.29, 1.82) is 0 Å². The highest BCUT2D eigenvalue weighted by Gasteiger charge is 2.16. The maximum Gasteiger partial charge on any atom is 0.255 e. The Kier molecular flexibility index (Phi) is 5.11. The van der Waals surface area contributed by atoms with Crippen molar-refractivity contribution in [2.24, 2.45) is 0 Å². The predicted molar refractivity (Wildman–Crippen MR) is 97.4 cm³/mol. The molecule has 124 valence electrons. The summed E-state index contributed by atoms with van der Waals surface area (Å²) in [5, 5.41) is 7.42. The Balaban J connectivity index is 1.72. The number of aryl methyl sites for hydroxylation is 1. The minimum absolute atomic E-state index is 0.0581. The lowest BCUT2D eigenvalue weighted by Crippen LogP contribution is -2.23. The smallest absolute Gasteiger partial charge is 0.255 e. The quantitative estimate of drug-likeness (QED) is 0.743. The number of hydrogen-bond acceptors (Lipinski definition) is 3. The molecule has 1 aromatic carbocycles. The van der Waals surface area contributed by atoms with Crippen LogP contribution in [0.1, 0.15) is 38.3 Å². The molecule has 0 saturated heterocycles. The number of nitrogens with zero attached hydrogens (tertiary/aromatic N) is 2. The van der Waals surface area contributed by atoms with Crippen molar-refractivity contribution in [3.05, 3.63) is 75.2 Å². The van der Waals surface area contributed by atoms with Gasteiger partial charge in [0.25, 0.3) is 5.91 Å². The molecule has 0 saturated carbocycles. The lowest BCUT2D eigenvalue weighted by molar-refractivity contribution is 0.0950. The van der Waals surface area contributed by atoms with Gasteiger partial charge in [0.1, 0.15) is 0 Å². The van der Waals surface area contributed by atoms with Crippen LogP contribution in [-0.4, -0.2) is 15.7 Å². The zero-order chi connectivity index (χ0) is 16.9. The summed E-state index contributed by atoms with van der Waals surface area (Å²) in [6.07, 6.45) is 2.45. The molecule has 2 aromatic heterocycles. The minimum Gasteiger partial charge on any atom is -0.347 e. The number of carbonyl (C=O) groups excluding carboxylic acids is 1. The second kappa shape index (κ2) is 7.45. The summed E-state index contributed by atoms with van der Waals surface area (Å²) in [5.41, 5.74) is 2.82. The molecule has 2 heterocycles. The van der Waals surface area contributed by atoms with Crippen LogP contribution in [0.25, 0.3) is 0 Å². The largest absolute Gasteiger partial charge is 0.347 e. The average molecular weight is 339 g/mol. The fraction of sp³-hybridized carbons (Fsp3) is 0.263. The molecule has 0 bridgehead atoms. The number of rotatable bonds is 6. The summed E-state index contributed by atoms with van der Waals surface area (Å²) in [6, 6.07) is 14.3. The number of aromatic nitrogens is 2. The van der Waals surface area contributed by atoms with Gasteiger partial charge in [-0.1, -0.05) is 37.3 Å². The molecule has 0 atom stereocenters. The lowest BCUT2D eigenvalue weighted by Gasteiger charge is -2.08. The number of amides is 1. The SMILES string of the molecule is CCc1c(C(=O)NCc2ccc(C)s2)cnn1Cc1ccccc1. The van der Waals surface area contributed by atoms with Crippen molar-refractivity contribution < 1.29 is 4.79 Å². The molecule has 0 unspecified atom stereocenters. The molecule has 0 aliphatic heterocycles. The number of benzene rings is 1. The first-order valence-electron chi connectivity index (χ1n) is 8.09. The zero-order valence-corrected chi connectivity index (χ0v) is 14.8. The van der Waals surface area contributed by atoms with E-state index < -0.39 is 0 Å². The first-order chi connectivity index (χ1) is 11.7. The Morgan fingerprint density at radius 3 is 2.67 bits per heavy atom. The van der Waals surface area contributed by atoms with Crippen LogP contribution in [0.5, 0.6) is 0 Å². The van der Waals surface area contributed by atoms with E-state index in [4.69, 9.17) is 0 Å². The van der Waals surface area contributed by atoms with Crippen LogP contribution >= 0.6 is 11.3 Å². The van der Waals surface area contributed by atoms with Crippen LogP contribution in [0.3, 0.4) is 0 Å². The topological polar surface area (TPSA) is 46.9 Å². The van der Waals surface area contributed by atoms with Gasteiger partial charge in [0.2, 0.25) is 0 Å². The molecular formula is C19H21N3OS. The van der Waals surface area contributed by atoms with Gasteiger partial charge in [0.05, 0.1) is 30.5 Å². The normalized spacial score (nSPS) is 10.8. The molecule has 5 heteroatoms. The van der Waals surface area contributed by atoms with Gasteiger partial charge < -0.3 is 5.32 Å². The highest BCUT2D eigenvalue weighted by molar-refractivity contribution is 7.11. The number of nitrogens with one attached hydrogen (secondary N) is 1. The monoisotopic (exact) mass is 339 g/mol. The molecule has 1 amide bonds. The number of thiophene rings is 1. The van der Waals surface area contributed by atoms with Crippen LogP contribution in [-0.2, 0) is 19.5 Å². The number of carbonyl (C=O) groups is 1. The van der Waals surface area contributed by atoms with Crippen LogP contribution in [0.4, 0.5) is 0 Å². The standard InChI is InChI=1S/C19H21N3OS/c1-3-18-17(19(23)20-11-16-10-9-14(2)24-16)12-21-22(18)13-15-7-5-4-6-8-15/h4-10,12H,3,11,13H2,1-2H3,(H,20,23). The van der Waals surface area contributed by atoms with E-state index in [9.17, 15) is 4.79 Å². The summed E-state index contributed by atoms with van der Waals surface area (Å²) in [5.74, 6) is -0.0581. The summed E-state index contributed by atoms with van der Waals surface area (Å²) < 4.78 is 1.92. The first-order valence-corrected chi connectivity index (χ1v) is 8.91. The Bertz CT molecular complexity index is 820. The van der Waals surface area contributed by atoms with E-state index >= 15 is 0 Å². The summed E-state index contributed by atoms with van der Waals surface area (Å²) in [6.45, 7) is 5.36. The minimum atomic E-state index is -0.0581. The Labute approximate surface area is 146 Å². The molecule has 3 rings (SSSR count). The molecule has 0 radical (unpaired) electrons. The van der Waals surface area contributed by atoms with Crippen LogP contribution in [0.15, 0.2) is 48.7 Å². The van der Waals surface area contributed by atoms with E-state index in [2.05, 4.69) is 48.5 Å². The molecule has 24 heavy (non-hydrogen) atoms. The first kappa shape index (κ1) is 16.5. The van der Waals surface area contributed by atoms with E-state index in [0.717, 1.165) is 17.0 Å². The third kappa shape index (κ3) is 3.74. The van der Waals surface area contributed by atoms with E-state index in [1.54, 1.807) is 17.5 Å². The summed E-state index contributed by atoms with van der Waals surface area (Å²) >= 11 is 1.71. The van der Waals surface area contributed by atoms with Crippen molar-refractivity contribution in [2.45, 2.75) is 33.4 Å². The van der Waals surface area contributed by atoms with Gasteiger partial charge in [-0.3, -0.25) is 9.48 Å². The third-order valence-corrected chi connectivity index (χ3v) is 4.92. The molecule has 1 N–H and O–H groups in total. The lowest BCUT2D eigenvalue weighted by atomic mass is 10.1. The van der Waals surface area contributed by atoms with Gasteiger partial charge in [-0.05, 0) is 31.0 Å². The Hall–Kier alpha value is -2.40. The van der Waals surface area contributed by atoms with E-state index in [1.807, 2.05) is 22.9 Å². The summed E-state index contributed by atoms with van der Waals surface area (Å²) in [7, 11) is 0. The van der Waals surface area contributed by atoms with Crippen LogP contribution in [0.2, 0.25) is 0 Å². The maximum atomic E-state index is 12.5. The average Bonchev–Trinajstić information content (AvgIpc) is 3.19. The fourth-order valence-corrected chi connectivity index (χ4v) is 3.54. The van der Waals surface area contributed by atoms with Gasteiger partial charge in [-0.15, -0.1) is 11.3 Å². The van der Waals surface area contributed by atoms with Crippen molar-refractivity contribution >= 4 is 17.2 Å². The molecular weight excluding hydrogens is 318 g/mol. The fourth-order valence-electron chi connectivity index (χ4n) is 2.71. The second-order valence-corrected chi connectivity index (χ2v) is 7.07. The molecule has 4 nitrogen and oxygen atoms in total.